The second-order valence-electron chi connectivity index (χ2n) is 6.62. The molecule has 0 aliphatic heterocycles. The second kappa shape index (κ2) is 9.09. The van der Waals surface area contributed by atoms with Gasteiger partial charge in [-0.05, 0) is 23.6 Å². The van der Waals surface area contributed by atoms with Crippen molar-refractivity contribution in [3.05, 3.63) is 72.3 Å². The Balaban J connectivity index is 1.78. The molecule has 0 saturated heterocycles. The van der Waals surface area contributed by atoms with E-state index in [2.05, 4.69) is 25.5 Å². The first-order valence-electron chi connectivity index (χ1n) is 9.59. The van der Waals surface area contributed by atoms with Crippen molar-refractivity contribution in [2.45, 2.75) is 0 Å². The topological polar surface area (TPSA) is 118 Å². The van der Waals surface area contributed by atoms with Crippen LogP contribution in [-0.4, -0.2) is 35.2 Å². The number of methoxy groups -OCH3 is 2. The molecule has 0 spiro atoms. The van der Waals surface area contributed by atoms with Crippen molar-refractivity contribution >= 4 is 33.9 Å². The summed E-state index contributed by atoms with van der Waals surface area (Å²) in [5, 5.41) is 23.3. The van der Waals surface area contributed by atoms with Gasteiger partial charge < -0.3 is 19.9 Å². The molecule has 9 nitrogen and oxygen atoms in total. The van der Waals surface area contributed by atoms with Gasteiger partial charge in [0.2, 0.25) is 5.88 Å². The van der Waals surface area contributed by atoms with Crippen molar-refractivity contribution in [3.63, 3.8) is 0 Å². The fourth-order valence-electron chi connectivity index (χ4n) is 3.05. The van der Waals surface area contributed by atoms with Gasteiger partial charge in [0.1, 0.15) is 5.69 Å². The number of carbonyl (C=O) groups is 1. The smallest absolute Gasteiger partial charge is 0.321 e. The summed E-state index contributed by atoms with van der Waals surface area (Å²) in [4.78, 5) is 21.0. The van der Waals surface area contributed by atoms with Gasteiger partial charge in [-0.3, -0.25) is 4.79 Å². The van der Waals surface area contributed by atoms with Crippen molar-refractivity contribution in [2.75, 3.05) is 19.5 Å². The third kappa shape index (κ3) is 4.31. The number of fused-ring (bicyclic) bond motifs is 1. The Morgan fingerprint density at radius 2 is 1.69 bits per heavy atom. The highest BCUT2D eigenvalue weighted by Crippen LogP contribution is 2.39. The van der Waals surface area contributed by atoms with Gasteiger partial charge in [0.15, 0.2) is 11.6 Å². The highest BCUT2D eigenvalue weighted by atomic mass is 16.5. The average molecular weight is 429 g/mol. The van der Waals surface area contributed by atoms with Crippen molar-refractivity contribution in [2.24, 2.45) is 10.2 Å². The van der Waals surface area contributed by atoms with Crippen LogP contribution in [0, 0.1) is 0 Å². The molecule has 1 aromatic heterocycles. The molecule has 0 atom stereocenters. The highest BCUT2D eigenvalue weighted by Gasteiger charge is 2.18. The van der Waals surface area contributed by atoms with Crippen LogP contribution in [0.4, 0.5) is 17.2 Å². The maximum atomic E-state index is 12.9. The quantitative estimate of drug-likeness (QED) is 0.416. The highest BCUT2D eigenvalue weighted by molar-refractivity contribution is 6.11. The normalized spacial score (nSPS) is 10.9. The largest absolute Gasteiger partial charge is 0.505 e. The Labute approximate surface area is 183 Å². The Morgan fingerprint density at radius 1 is 0.938 bits per heavy atom. The standard InChI is InChI=1S/C23H19N5O4/c1-31-19-13-18(25-23(26-19)32-2)27-28-20-16-11-7-6-8-14(16)12-17(21(20)29)22(30)24-15-9-4-3-5-10-15/h3-13,29H,1-2H3,(H,24,30). The summed E-state index contributed by atoms with van der Waals surface area (Å²) in [6.07, 6.45) is 0. The van der Waals surface area contributed by atoms with Crippen LogP contribution in [0.25, 0.3) is 10.8 Å². The third-order valence-electron chi connectivity index (χ3n) is 4.58. The second-order valence-corrected chi connectivity index (χ2v) is 6.62. The number of amides is 1. The number of hydrogen-bond donors (Lipinski definition) is 2. The molecule has 9 heteroatoms. The molecule has 4 rings (SSSR count). The fourth-order valence-corrected chi connectivity index (χ4v) is 3.05. The number of para-hydroxylation sites is 1. The van der Waals surface area contributed by atoms with Crippen LogP contribution in [0.1, 0.15) is 10.4 Å². The van der Waals surface area contributed by atoms with E-state index < -0.39 is 5.91 Å². The zero-order valence-corrected chi connectivity index (χ0v) is 17.3. The van der Waals surface area contributed by atoms with Crippen LogP contribution in [-0.2, 0) is 0 Å². The van der Waals surface area contributed by atoms with E-state index in [1.807, 2.05) is 18.2 Å². The maximum Gasteiger partial charge on any atom is 0.321 e. The van der Waals surface area contributed by atoms with Gasteiger partial charge in [0.05, 0.1) is 19.8 Å². The van der Waals surface area contributed by atoms with Crippen molar-refractivity contribution in [1.29, 1.82) is 0 Å². The summed E-state index contributed by atoms with van der Waals surface area (Å²) >= 11 is 0. The van der Waals surface area contributed by atoms with Crippen LogP contribution < -0.4 is 14.8 Å². The Morgan fingerprint density at radius 3 is 2.44 bits per heavy atom. The summed E-state index contributed by atoms with van der Waals surface area (Å²) in [5.41, 5.74) is 0.811. The SMILES string of the molecule is COc1cc(N=Nc2c(O)c(C(=O)Nc3ccccc3)cc3ccccc23)nc(OC)n1. The molecule has 1 heterocycles. The van der Waals surface area contributed by atoms with E-state index in [-0.39, 0.29) is 34.7 Å². The van der Waals surface area contributed by atoms with Gasteiger partial charge in [-0.2, -0.15) is 9.97 Å². The average Bonchev–Trinajstić information content (AvgIpc) is 2.83. The van der Waals surface area contributed by atoms with Gasteiger partial charge in [-0.25, -0.2) is 0 Å². The molecule has 2 N–H and O–H groups in total. The maximum absolute atomic E-state index is 12.9. The third-order valence-corrected chi connectivity index (χ3v) is 4.58. The lowest BCUT2D eigenvalue weighted by Crippen LogP contribution is -2.12. The monoisotopic (exact) mass is 429 g/mol. The predicted molar refractivity (Wildman–Crippen MR) is 119 cm³/mol. The number of rotatable bonds is 6. The Hall–Kier alpha value is -4.53. The van der Waals surface area contributed by atoms with E-state index in [0.29, 0.717) is 11.1 Å². The van der Waals surface area contributed by atoms with E-state index in [1.165, 1.54) is 20.3 Å². The summed E-state index contributed by atoms with van der Waals surface area (Å²) in [5.74, 6) is -0.359. The van der Waals surface area contributed by atoms with Crippen molar-refractivity contribution < 1.29 is 19.4 Å². The molecule has 4 aromatic rings. The lowest BCUT2D eigenvalue weighted by molar-refractivity contribution is 0.102. The number of anilines is 1. The number of phenols is 1. The van der Waals surface area contributed by atoms with Crippen LogP contribution in [0.3, 0.4) is 0 Å². The minimum absolute atomic E-state index is 0.0587. The minimum Gasteiger partial charge on any atom is -0.505 e. The zero-order chi connectivity index (χ0) is 22.5. The molecule has 0 aliphatic carbocycles. The number of benzene rings is 3. The molecular formula is C23H19N5O4. The predicted octanol–water partition coefficient (Wildman–Crippen LogP) is 5.02. The Kier molecular flexibility index (Phi) is 5.89. The molecule has 160 valence electrons. The van der Waals surface area contributed by atoms with Crippen LogP contribution >= 0.6 is 0 Å². The summed E-state index contributed by atoms with van der Waals surface area (Å²) in [6.45, 7) is 0. The number of aromatic nitrogens is 2. The van der Waals surface area contributed by atoms with E-state index in [1.54, 1.807) is 42.5 Å². The number of azo groups is 1. The number of ether oxygens (including phenoxy) is 2. The first kappa shape index (κ1) is 20.7. The number of phenolic OH excluding ortho intramolecular Hbond substituents is 1. The summed E-state index contributed by atoms with van der Waals surface area (Å²) in [7, 11) is 2.88. The van der Waals surface area contributed by atoms with Crippen LogP contribution in [0.2, 0.25) is 0 Å². The van der Waals surface area contributed by atoms with E-state index >= 15 is 0 Å². The molecular weight excluding hydrogens is 410 g/mol. The number of aromatic hydroxyl groups is 1. The van der Waals surface area contributed by atoms with Crippen molar-refractivity contribution in [1.82, 2.24) is 9.97 Å². The van der Waals surface area contributed by atoms with Gasteiger partial charge in [0, 0.05) is 17.1 Å². The van der Waals surface area contributed by atoms with Gasteiger partial charge >= 0.3 is 6.01 Å². The molecule has 0 saturated carbocycles. The van der Waals surface area contributed by atoms with E-state index in [4.69, 9.17) is 9.47 Å². The minimum atomic E-state index is -0.471. The molecule has 0 unspecified atom stereocenters. The fraction of sp³-hybridized carbons (Fsp3) is 0.0870. The summed E-state index contributed by atoms with van der Waals surface area (Å²) < 4.78 is 10.2. The van der Waals surface area contributed by atoms with Crippen molar-refractivity contribution in [3.8, 4) is 17.6 Å². The zero-order valence-electron chi connectivity index (χ0n) is 17.3. The molecule has 0 aliphatic rings. The lowest BCUT2D eigenvalue weighted by atomic mass is 10.0. The van der Waals surface area contributed by atoms with Gasteiger partial charge in [-0.1, -0.05) is 42.5 Å². The van der Waals surface area contributed by atoms with Crippen LogP contribution in [0.5, 0.6) is 17.6 Å². The van der Waals surface area contributed by atoms with E-state index in [0.717, 1.165) is 5.39 Å². The summed E-state index contributed by atoms with van der Waals surface area (Å²) in [6, 6.07) is 19.4. The number of hydrogen-bond acceptors (Lipinski definition) is 8. The number of nitrogens with one attached hydrogen (secondary N) is 1. The van der Waals surface area contributed by atoms with Gasteiger partial charge in [0.25, 0.3) is 5.91 Å². The first-order valence-corrected chi connectivity index (χ1v) is 9.59. The number of carbonyl (C=O) groups excluding carboxylic acids is 1. The first-order chi connectivity index (χ1) is 15.6. The lowest BCUT2D eigenvalue weighted by Gasteiger charge is -2.11. The molecule has 3 aromatic carbocycles. The van der Waals surface area contributed by atoms with Crippen LogP contribution in [0.15, 0.2) is 77.0 Å². The molecule has 0 bridgehead atoms. The Bertz CT molecular complexity index is 1290. The number of nitrogens with zero attached hydrogens (tertiary/aromatic N) is 4. The molecule has 0 radical (unpaired) electrons. The molecule has 0 fully saturated rings. The van der Waals surface area contributed by atoms with E-state index in [9.17, 15) is 9.90 Å². The molecule has 1 amide bonds. The van der Waals surface area contributed by atoms with Gasteiger partial charge in [-0.15, -0.1) is 10.2 Å². The molecule has 32 heavy (non-hydrogen) atoms.